The largest absolute Gasteiger partial charge is 0.343 e. The number of hydrogen-bond donors (Lipinski definition) is 0. The lowest BCUT2D eigenvalue weighted by Gasteiger charge is -2.30. The number of nitrogens with zero attached hydrogens (tertiary/aromatic N) is 2. The zero-order chi connectivity index (χ0) is 21.4. The highest BCUT2D eigenvalue weighted by Gasteiger charge is 2.60. The minimum absolute atomic E-state index is 0.0330. The smallest absolute Gasteiger partial charge is 0.234 e. The summed E-state index contributed by atoms with van der Waals surface area (Å²) in [5.41, 5.74) is 0.625. The van der Waals surface area contributed by atoms with E-state index < -0.39 is 6.04 Å². The average Bonchev–Trinajstić information content (AvgIpc) is 3.41. The molecule has 5 atom stereocenters. The molecule has 0 N–H and O–H groups in total. The predicted molar refractivity (Wildman–Crippen MR) is 110 cm³/mol. The van der Waals surface area contributed by atoms with E-state index in [1.54, 1.807) is 17.0 Å². The lowest BCUT2D eigenvalue weighted by atomic mass is 9.85. The summed E-state index contributed by atoms with van der Waals surface area (Å²) in [6.45, 7) is 5.32. The number of rotatable bonds is 8. The summed E-state index contributed by atoms with van der Waals surface area (Å²) in [7, 11) is 0. The number of halogens is 1. The molecule has 2 bridgehead atoms. The van der Waals surface area contributed by atoms with Gasteiger partial charge in [0.05, 0.1) is 24.3 Å². The Hall–Kier alpha value is -2.50. The van der Waals surface area contributed by atoms with Gasteiger partial charge in [-0.2, -0.15) is 0 Å². The summed E-state index contributed by atoms with van der Waals surface area (Å²) in [5.74, 6) is -1.22. The molecule has 5 unspecified atom stereocenters. The first-order valence-electron chi connectivity index (χ1n) is 11.0. The lowest BCUT2D eigenvalue weighted by Crippen LogP contribution is -2.41. The third kappa shape index (κ3) is 3.46. The number of hydrogen-bond acceptors (Lipinski definition) is 3. The first-order valence-corrected chi connectivity index (χ1v) is 11.0. The molecule has 1 aliphatic heterocycles. The van der Waals surface area contributed by atoms with Crippen molar-refractivity contribution in [3.63, 3.8) is 0 Å². The molecule has 1 saturated heterocycles. The number of benzene rings is 1. The van der Waals surface area contributed by atoms with E-state index in [-0.39, 0.29) is 53.6 Å². The summed E-state index contributed by atoms with van der Waals surface area (Å²) >= 11 is 0. The van der Waals surface area contributed by atoms with Crippen molar-refractivity contribution in [2.24, 2.45) is 23.7 Å². The molecule has 1 saturated carbocycles. The molecular formula is C24H29FN2O3. The molecule has 3 amide bonds. The number of fused-ring (bicyclic) bond motifs is 5. The Kier molecular flexibility index (Phi) is 5.76. The van der Waals surface area contributed by atoms with Crippen molar-refractivity contribution in [1.29, 1.82) is 0 Å². The maximum absolute atomic E-state index is 13.5. The Morgan fingerprint density at radius 3 is 2.07 bits per heavy atom. The fourth-order valence-electron chi connectivity index (χ4n) is 5.47. The van der Waals surface area contributed by atoms with E-state index in [1.807, 2.05) is 13.8 Å². The monoisotopic (exact) mass is 412 g/mol. The SMILES string of the molecule is CCCN(CCC)C(=O)CC(c1ccc(F)cc1)N1C(=O)C2C3C=CC(C3)C2C1=O. The zero-order valence-corrected chi connectivity index (χ0v) is 17.6. The quantitative estimate of drug-likeness (QED) is 0.483. The third-order valence-corrected chi connectivity index (χ3v) is 6.78. The minimum atomic E-state index is -0.695. The van der Waals surface area contributed by atoms with Crippen molar-refractivity contribution >= 4 is 17.7 Å². The van der Waals surface area contributed by atoms with Crippen LogP contribution < -0.4 is 0 Å². The molecule has 4 rings (SSSR count). The van der Waals surface area contributed by atoms with Gasteiger partial charge in [0.1, 0.15) is 5.82 Å². The molecule has 3 aliphatic rings. The van der Waals surface area contributed by atoms with Crippen LogP contribution in [-0.2, 0) is 14.4 Å². The van der Waals surface area contributed by atoms with Crippen molar-refractivity contribution in [2.75, 3.05) is 13.1 Å². The zero-order valence-electron chi connectivity index (χ0n) is 17.6. The average molecular weight is 413 g/mol. The van der Waals surface area contributed by atoms with Crippen LogP contribution in [0.5, 0.6) is 0 Å². The molecule has 1 aromatic rings. The molecule has 30 heavy (non-hydrogen) atoms. The second-order valence-electron chi connectivity index (χ2n) is 8.70. The Morgan fingerprint density at radius 2 is 1.57 bits per heavy atom. The summed E-state index contributed by atoms with van der Waals surface area (Å²) < 4.78 is 13.5. The first kappa shape index (κ1) is 20.8. The Morgan fingerprint density at radius 1 is 1.03 bits per heavy atom. The predicted octanol–water partition coefficient (Wildman–Crippen LogP) is 3.71. The first-order chi connectivity index (χ1) is 14.5. The second kappa shape index (κ2) is 8.32. The molecular weight excluding hydrogens is 383 g/mol. The summed E-state index contributed by atoms with van der Waals surface area (Å²) in [6, 6.07) is 5.11. The van der Waals surface area contributed by atoms with Crippen molar-refractivity contribution in [2.45, 2.75) is 45.6 Å². The van der Waals surface area contributed by atoms with Crippen molar-refractivity contribution in [3.8, 4) is 0 Å². The molecule has 0 aromatic heterocycles. The van der Waals surface area contributed by atoms with Gasteiger partial charge in [-0.3, -0.25) is 19.3 Å². The molecule has 6 heteroatoms. The van der Waals surface area contributed by atoms with Crippen LogP contribution in [-0.4, -0.2) is 40.6 Å². The van der Waals surface area contributed by atoms with Gasteiger partial charge in [0.2, 0.25) is 17.7 Å². The normalized spacial score (nSPS) is 27.6. The Balaban J connectivity index is 1.64. The van der Waals surface area contributed by atoms with Gasteiger partial charge in [-0.15, -0.1) is 0 Å². The molecule has 2 aliphatic carbocycles. The van der Waals surface area contributed by atoms with Gasteiger partial charge in [-0.1, -0.05) is 38.1 Å². The fraction of sp³-hybridized carbons (Fsp3) is 0.542. The minimum Gasteiger partial charge on any atom is -0.343 e. The van der Waals surface area contributed by atoms with Crippen molar-refractivity contribution in [1.82, 2.24) is 9.80 Å². The summed E-state index contributed by atoms with van der Waals surface area (Å²) in [5, 5.41) is 0. The fourth-order valence-corrected chi connectivity index (χ4v) is 5.47. The van der Waals surface area contributed by atoms with Gasteiger partial charge in [-0.25, -0.2) is 4.39 Å². The highest BCUT2D eigenvalue weighted by Crippen LogP contribution is 2.54. The maximum Gasteiger partial charge on any atom is 0.234 e. The summed E-state index contributed by atoms with van der Waals surface area (Å²) in [6.07, 6.45) is 6.69. The van der Waals surface area contributed by atoms with E-state index in [9.17, 15) is 18.8 Å². The molecule has 0 spiro atoms. The standard InChI is InChI=1S/C24H29FN2O3/c1-3-11-26(12-4-2)20(28)14-19(15-7-9-18(25)10-8-15)27-23(29)21-16-5-6-17(13-16)22(21)24(27)30/h5-10,16-17,19,21-22H,3-4,11-14H2,1-2H3. The molecule has 2 fully saturated rings. The van der Waals surface area contributed by atoms with Crippen molar-refractivity contribution in [3.05, 3.63) is 47.8 Å². The molecule has 0 radical (unpaired) electrons. The number of allylic oxidation sites excluding steroid dienone is 2. The van der Waals surface area contributed by atoms with Crippen LogP contribution in [0.3, 0.4) is 0 Å². The number of amides is 3. The van der Waals surface area contributed by atoms with Gasteiger partial charge < -0.3 is 4.90 Å². The van der Waals surface area contributed by atoms with Crippen LogP contribution in [0.15, 0.2) is 36.4 Å². The van der Waals surface area contributed by atoms with E-state index >= 15 is 0 Å². The Bertz CT molecular complexity index is 830. The topological polar surface area (TPSA) is 57.7 Å². The molecule has 1 heterocycles. The van der Waals surface area contributed by atoms with E-state index in [4.69, 9.17) is 0 Å². The maximum atomic E-state index is 13.5. The van der Waals surface area contributed by atoms with Gasteiger partial charge in [0.15, 0.2) is 0 Å². The van der Waals surface area contributed by atoms with Crippen LogP contribution in [0.25, 0.3) is 0 Å². The third-order valence-electron chi connectivity index (χ3n) is 6.78. The molecule has 1 aromatic carbocycles. The number of carbonyl (C=O) groups is 3. The number of carbonyl (C=O) groups excluding carboxylic acids is 3. The van der Waals surface area contributed by atoms with Gasteiger partial charge in [0, 0.05) is 13.1 Å². The van der Waals surface area contributed by atoms with Crippen LogP contribution in [0, 0.1) is 29.5 Å². The van der Waals surface area contributed by atoms with E-state index in [0.29, 0.717) is 18.7 Å². The van der Waals surface area contributed by atoms with Crippen LogP contribution in [0.1, 0.15) is 51.1 Å². The van der Waals surface area contributed by atoms with Gasteiger partial charge >= 0.3 is 0 Å². The van der Waals surface area contributed by atoms with Crippen molar-refractivity contribution < 1.29 is 18.8 Å². The van der Waals surface area contributed by atoms with Gasteiger partial charge in [0.25, 0.3) is 0 Å². The van der Waals surface area contributed by atoms with E-state index in [2.05, 4.69) is 12.2 Å². The lowest BCUT2D eigenvalue weighted by molar-refractivity contribution is -0.145. The number of likely N-dealkylation sites (tertiary alicyclic amines) is 1. The molecule has 5 nitrogen and oxygen atoms in total. The van der Waals surface area contributed by atoms with Gasteiger partial charge in [-0.05, 0) is 48.8 Å². The summed E-state index contributed by atoms with van der Waals surface area (Å²) in [4.78, 5) is 42.9. The highest BCUT2D eigenvalue weighted by molar-refractivity contribution is 6.07. The van der Waals surface area contributed by atoms with Crippen LogP contribution >= 0.6 is 0 Å². The van der Waals surface area contributed by atoms with E-state index in [1.165, 1.54) is 17.0 Å². The van der Waals surface area contributed by atoms with Crippen LogP contribution in [0.2, 0.25) is 0 Å². The highest BCUT2D eigenvalue weighted by atomic mass is 19.1. The Labute approximate surface area is 176 Å². The second-order valence-corrected chi connectivity index (χ2v) is 8.70. The van der Waals surface area contributed by atoms with E-state index in [0.717, 1.165) is 19.3 Å². The molecule has 160 valence electrons. The van der Waals surface area contributed by atoms with Crippen LogP contribution in [0.4, 0.5) is 4.39 Å². The number of imide groups is 1.